The van der Waals surface area contributed by atoms with Gasteiger partial charge in [0, 0.05) is 46.1 Å². The van der Waals surface area contributed by atoms with Crippen molar-refractivity contribution in [3.63, 3.8) is 0 Å². The number of nitrogens with zero attached hydrogens (tertiary/aromatic N) is 1. The largest absolute Gasteiger partial charge is 0.494 e. The summed E-state index contributed by atoms with van der Waals surface area (Å²) in [4.78, 5) is 19.2. The van der Waals surface area contributed by atoms with Gasteiger partial charge in [0.15, 0.2) is 11.6 Å². The average Bonchev–Trinajstić information content (AvgIpc) is 3.33. The molecule has 0 aliphatic carbocycles. The summed E-state index contributed by atoms with van der Waals surface area (Å²) in [7, 11) is 0. The van der Waals surface area contributed by atoms with Gasteiger partial charge in [0.05, 0.1) is 6.61 Å². The summed E-state index contributed by atoms with van der Waals surface area (Å²) in [5, 5.41) is 12.2. The number of aliphatic hydroxyl groups excluding tert-OH is 1. The van der Waals surface area contributed by atoms with Crippen LogP contribution in [0.15, 0.2) is 86.7 Å². The molecule has 1 aliphatic rings. The molecule has 4 rings (SSSR count). The molecule has 0 bridgehead atoms. The maximum Gasteiger partial charge on any atom is 0.252 e. The van der Waals surface area contributed by atoms with Crippen molar-refractivity contribution in [1.82, 2.24) is 5.32 Å². The van der Waals surface area contributed by atoms with Crippen molar-refractivity contribution in [2.24, 2.45) is 4.99 Å². The van der Waals surface area contributed by atoms with Gasteiger partial charge >= 0.3 is 0 Å². The molecule has 0 radical (unpaired) electrons. The molecule has 3 aromatic rings. The van der Waals surface area contributed by atoms with Gasteiger partial charge in [-0.15, -0.1) is 0 Å². The first-order valence-corrected chi connectivity index (χ1v) is 14.9. The lowest BCUT2D eigenvalue weighted by Crippen LogP contribution is -2.50. The zero-order valence-electron chi connectivity index (χ0n) is 22.0. The van der Waals surface area contributed by atoms with Gasteiger partial charge in [-0.25, -0.2) is 4.99 Å². The zero-order chi connectivity index (χ0) is 27.7. The molecule has 0 spiro atoms. The van der Waals surface area contributed by atoms with Crippen LogP contribution in [0.5, 0.6) is 5.75 Å². The van der Waals surface area contributed by atoms with E-state index in [0.29, 0.717) is 37.6 Å². The fourth-order valence-electron chi connectivity index (χ4n) is 4.59. The Bertz CT molecular complexity index is 1260. The van der Waals surface area contributed by atoms with E-state index in [1.54, 1.807) is 0 Å². The number of carbonyl (C=O) groups is 1. The van der Waals surface area contributed by atoms with Crippen molar-refractivity contribution >= 4 is 43.7 Å². The monoisotopic (exact) mass is 656 g/mol. The molecule has 3 aromatic carbocycles. The summed E-state index contributed by atoms with van der Waals surface area (Å²) >= 11 is 7.20. The molecular formula is C31H34Br2N2O4. The molecule has 1 heterocycles. The van der Waals surface area contributed by atoms with E-state index in [-0.39, 0.29) is 12.5 Å². The van der Waals surface area contributed by atoms with Gasteiger partial charge in [-0.05, 0) is 54.4 Å². The lowest BCUT2D eigenvalue weighted by Gasteiger charge is -2.31. The molecule has 1 amide bonds. The Morgan fingerprint density at radius 3 is 2.46 bits per heavy atom. The minimum absolute atomic E-state index is 0.0835. The molecule has 206 valence electrons. The highest BCUT2D eigenvalue weighted by atomic mass is 79.9. The summed E-state index contributed by atoms with van der Waals surface area (Å²) in [6.07, 6.45) is 3.33. The Morgan fingerprint density at radius 1 is 1.03 bits per heavy atom. The van der Waals surface area contributed by atoms with E-state index in [0.717, 1.165) is 44.9 Å². The molecule has 0 unspecified atom stereocenters. The predicted molar refractivity (Wildman–Crippen MR) is 161 cm³/mol. The van der Waals surface area contributed by atoms with Crippen LogP contribution in [-0.4, -0.2) is 42.2 Å². The Kier molecular flexibility index (Phi) is 10.6. The molecule has 2 N–H and O–H groups in total. The van der Waals surface area contributed by atoms with Crippen molar-refractivity contribution in [3.8, 4) is 5.75 Å². The van der Waals surface area contributed by atoms with Crippen LogP contribution in [0.1, 0.15) is 55.4 Å². The minimum Gasteiger partial charge on any atom is -0.494 e. The second-order valence-corrected chi connectivity index (χ2v) is 11.3. The molecule has 0 fully saturated rings. The lowest BCUT2D eigenvalue weighted by atomic mass is 9.82. The molecule has 0 saturated heterocycles. The molecule has 0 saturated carbocycles. The number of rotatable bonds is 13. The van der Waals surface area contributed by atoms with Crippen molar-refractivity contribution in [3.05, 3.63) is 98.4 Å². The van der Waals surface area contributed by atoms with Crippen LogP contribution in [0.25, 0.3) is 0 Å². The van der Waals surface area contributed by atoms with Crippen molar-refractivity contribution < 1.29 is 19.4 Å². The highest BCUT2D eigenvalue weighted by molar-refractivity contribution is 9.10. The number of aliphatic hydroxyl groups is 1. The van der Waals surface area contributed by atoms with Gasteiger partial charge in [-0.1, -0.05) is 82.0 Å². The molecule has 6 nitrogen and oxygen atoms in total. The van der Waals surface area contributed by atoms with Crippen LogP contribution in [0.2, 0.25) is 0 Å². The number of hydrogen-bond acceptors (Lipinski definition) is 5. The number of carbonyl (C=O) groups excluding carboxylic acids is 1. The number of benzene rings is 3. The number of halogens is 2. The standard InChI is InChI=1S/C31H34Br2N2O4/c1-2-3-6-18-34-30(37)31(21-22-10-14-24(32)15-11-22)28(26-8-4-5-9-27(26)33)39-29(35-31)23-12-16-25(17-13-23)38-20-7-19-36/h4-5,8-17,28,36H,2-3,6-7,18-21H2,1H3,(H,34,37)/t28-,31-/m1/s1. The molecule has 8 heteroatoms. The van der Waals surface area contributed by atoms with Gasteiger partial charge in [0.25, 0.3) is 5.91 Å². The lowest BCUT2D eigenvalue weighted by molar-refractivity contribution is -0.128. The van der Waals surface area contributed by atoms with E-state index in [2.05, 4.69) is 44.1 Å². The summed E-state index contributed by atoms with van der Waals surface area (Å²) in [5.41, 5.74) is 1.40. The van der Waals surface area contributed by atoms with Gasteiger partial charge < -0.3 is 19.9 Å². The SMILES string of the molecule is CCCCCNC(=O)[C@]1(Cc2ccc(Br)cc2)N=C(c2ccc(OCCCO)cc2)O[C@@H]1c1ccccc1Br. The number of amides is 1. The predicted octanol–water partition coefficient (Wildman–Crippen LogP) is 6.78. The topological polar surface area (TPSA) is 80.2 Å². The molecule has 0 aromatic heterocycles. The Morgan fingerprint density at radius 2 is 1.77 bits per heavy atom. The fraction of sp³-hybridized carbons (Fsp3) is 0.355. The van der Waals surface area contributed by atoms with Crippen LogP contribution in [0, 0.1) is 0 Å². The van der Waals surface area contributed by atoms with Crippen LogP contribution in [0.3, 0.4) is 0 Å². The number of unbranched alkanes of at least 4 members (excludes halogenated alkanes) is 2. The van der Waals surface area contributed by atoms with Gasteiger partial charge in [-0.3, -0.25) is 4.79 Å². The quantitative estimate of drug-likeness (QED) is 0.199. The first kappa shape index (κ1) is 29.3. The first-order valence-electron chi connectivity index (χ1n) is 13.3. The highest BCUT2D eigenvalue weighted by Crippen LogP contribution is 2.44. The van der Waals surface area contributed by atoms with Crippen molar-refractivity contribution in [1.29, 1.82) is 0 Å². The third-order valence-corrected chi connectivity index (χ3v) is 7.92. The molecule has 1 aliphatic heterocycles. The summed E-state index contributed by atoms with van der Waals surface area (Å²) in [5.74, 6) is 0.961. The van der Waals surface area contributed by atoms with Crippen LogP contribution in [-0.2, 0) is 16.0 Å². The van der Waals surface area contributed by atoms with E-state index in [9.17, 15) is 4.79 Å². The van der Waals surface area contributed by atoms with E-state index in [1.807, 2.05) is 72.8 Å². The fourth-order valence-corrected chi connectivity index (χ4v) is 5.35. The van der Waals surface area contributed by atoms with Crippen molar-refractivity contribution in [2.75, 3.05) is 19.8 Å². The smallest absolute Gasteiger partial charge is 0.252 e. The Labute approximate surface area is 247 Å². The molecule has 39 heavy (non-hydrogen) atoms. The number of ether oxygens (including phenoxy) is 2. The van der Waals surface area contributed by atoms with Crippen molar-refractivity contribution in [2.45, 2.75) is 50.7 Å². The van der Waals surface area contributed by atoms with Gasteiger partial charge in [-0.2, -0.15) is 0 Å². The Hall–Kier alpha value is -2.68. The minimum atomic E-state index is -1.21. The first-order chi connectivity index (χ1) is 19.0. The van der Waals surface area contributed by atoms with Crippen LogP contribution < -0.4 is 10.1 Å². The average molecular weight is 658 g/mol. The van der Waals surface area contributed by atoms with E-state index >= 15 is 0 Å². The second-order valence-electron chi connectivity index (χ2n) is 9.58. The second kappa shape index (κ2) is 14.1. The Balaban J connectivity index is 1.75. The maximum atomic E-state index is 14.1. The normalized spacial score (nSPS) is 18.4. The molecule has 2 atom stereocenters. The zero-order valence-corrected chi connectivity index (χ0v) is 25.2. The third-order valence-electron chi connectivity index (χ3n) is 6.67. The number of nitrogens with one attached hydrogen (secondary N) is 1. The number of aliphatic imine (C=N–C) groups is 1. The summed E-state index contributed by atoms with van der Waals surface area (Å²) in [6.45, 7) is 3.25. The highest BCUT2D eigenvalue weighted by Gasteiger charge is 2.53. The third kappa shape index (κ3) is 7.29. The van der Waals surface area contributed by atoms with E-state index in [1.165, 1.54) is 0 Å². The van der Waals surface area contributed by atoms with E-state index < -0.39 is 11.6 Å². The van der Waals surface area contributed by atoms with Crippen LogP contribution in [0.4, 0.5) is 0 Å². The summed E-state index contributed by atoms with van der Waals surface area (Å²) in [6, 6.07) is 23.3. The van der Waals surface area contributed by atoms with Gasteiger partial charge in [0.2, 0.25) is 5.90 Å². The van der Waals surface area contributed by atoms with Gasteiger partial charge in [0.1, 0.15) is 5.75 Å². The van der Waals surface area contributed by atoms with E-state index in [4.69, 9.17) is 19.6 Å². The summed E-state index contributed by atoms with van der Waals surface area (Å²) < 4.78 is 14.1. The number of hydrogen-bond donors (Lipinski definition) is 2. The maximum absolute atomic E-state index is 14.1. The molecular weight excluding hydrogens is 624 g/mol. The van der Waals surface area contributed by atoms with Crippen LogP contribution >= 0.6 is 31.9 Å².